The number of alkyl halides is 6. The Morgan fingerprint density at radius 2 is 1.67 bits per heavy atom. The molecule has 0 amide bonds. The second kappa shape index (κ2) is 11.9. The van der Waals surface area contributed by atoms with Crippen LogP contribution in [-0.4, -0.2) is 36.1 Å². The highest BCUT2D eigenvalue weighted by molar-refractivity contribution is 5.85. The van der Waals surface area contributed by atoms with E-state index in [1.165, 1.54) is 0 Å². The molecule has 3 aliphatic heterocycles. The fourth-order valence-corrected chi connectivity index (χ4v) is 7.08. The van der Waals surface area contributed by atoms with Crippen LogP contribution < -0.4 is 26.2 Å². The molecule has 244 valence electrons. The van der Waals surface area contributed by atoms with E-state index in [0.29, 0.717) is 35.2 Å². The summed E-state index contributed by atoms with van der Waals surface area (Å²) in [6.07, 6.45) is -5.43. The average molecular weight is 647 g/mol. The molecule has 4 aromatic rings. The SMILES string of the molecule is CC[C@H]1CN2CCC1C[C@@H]2[C@H](Nc1c(NCc2cc(C(F)(F)F)cc(C(F)(F)F)c2)c(=O)c1=O)c1ccnc2ccc(OC)cc12. The molecule has 4 heterocycles. The Balaban J connectivity index is 1.36. The van der Waals surface area contributed by atoms with E-state index >= 15 is 0 Å². The van der Waals surface area contributed by atoms with Gasteiger partial charge in [0.1, 0.15) is 17.1 Å². The molecule has 7 nitrogen and oxygen atoms in total. The van der Waals surface area contributed by atoms with Crippen molar-refractivity contribution in [1.29, 1.82) is 0 Å². The fraction of sp³-hybridized carbons (Fsp3) is 0.424. The minimum Gasteiger partial charge on any atom is -0.497 e. The molecule has 5 atom stereocenters. The van der Waals surface area contributed by atoms with E-state index < -0.39 is 46.9 Å². The van der Waals surface area contributed by atoms with Gasteiger partial charge in [0.25, 0.3) is 10.9 Å². The standard InChI is InChI=1S/C33H32F6N4O3/c1-3-18-16-43-9-7-19(18)12-26(43)27(23-6-8-40-25-5-4-22(46-2)14-24(23)25)42-29-28(30(44)31(29)45)41-15-17-10-20(32(34,35)36)13-21(11-17)33(37,38)39/h4-6,8,10-11,13-14,18-19,26-27,41-42H,3,7,9,12,15-16H2,1-2H3/t18-,19?,26+,27+/m0/s1. The lowest BCUT2D eigenvalue weighted by atomic mass is 9.72. The number of fused-ring (bicyclic) bond motifs is 4. The van der Waals surface area contributed by atoms with Gasteiger partial charge in [0, 0.05) is 30.7 Å². The van der Waals surface area contributed by atoms with Crippen LogP contribution in [0.1, 0.15) is 54.5 Å². The number of rotatable bonds is 9. The van der Waals surface area contributed by atoms with Crippen LogP contribution in [0.15, 0.2) is 58.3 Å². The fourth-order valence-electron chi connectivity index (χ4n) is 7.08. The normalized spacial score (nSPS) is 22.3. The van der Waals surface area contributed by atoms with E-state index in [0.717, 1.165) is 43.3 Å². The number of hydrogen-bond donors (Lipinski definition) is 2. The molecule has 2 N–H and O–H groups in total. The van der Waals surface area contributed by atoms with Crippen molar-refractivity contribution in [3.8, 4) is 5.75 Å². The van der Waals surface area contributed by atoms with Crippen LogP contribution in [0.5, 0.6) is 5.75 Å². The first kappa shape index (κ1) is 31.8. The largest absolute Gasteiger partial charge is 0.497 e. The van der Waals surface area contributed by atoms with Gasteiger partial charge < -0.3 is 15.4 Å². The van der Waals surface area contributed by atoms with Crippen molar-refractivity contribution < 1.29 is 31.1 Å². The third-order valence-corrected chi connectivity index (χ3v) is 9.49. The number of hydrogen-bond acceptors (Lipinski definition) is 7. The number of anilines is 2. The van der Waals surface area contributed by atoms with E-state index in [9.17, 15) is 35.9 Å². The van der Waals surface area contributed by atoms with Crippen LogP contribution in [0.3, 0.4) is 0 Å². The van der Waals surface area contributed by atoms with Crippen LogP contribution in [0, 0.1) is 11.8 Å². The Bertz CT molecular complexity index is 1800. The summed E-state index contributed by atoms with van der Waals surface area (Å²) in [4.78, 5) is 32.6. The van der Waals surface area contributed by atoms with Crippen LogP contribution in [0.4, 0.5) is 37.7 Å². The zero-order valence-electron chi connectivity index (χ0n) is 25.1. The summed E-state index contributed by atoms with van der Waals surface area (Å²) >= 11 is 0. The summed E-state index contributed by atoms with van der Waals surface area (Å²) in [5.74, 6) is 1.62. The number of pyridine rings is 1. The van der Waals surface area contributed by atoms with Crippen molar-refractivity contribution in [2.75, 3.05) is 30.8 Å². The van der Waals surface area contributed by atoms with Crippen molar-refractivity contribution in [2.45, 2.75) is 57.2 Å². The van der Waals surface area contributed by atoms with Gasteiger partial charge in [-0.15, -0.1) is 0 Å². The Hall–Kier alpha value is -4.13. The van der Waals surface area contributed by atoms with E-state index in [1.54, 1.807) is 19.4 Å². The van der Waals surface area contributed by atoms with Gasteiger partial charge in [-0.25, -0.2) is 0 Å². The lowest BCUT2D eigenvalue weighted by Gasteiger charge is -2.52. The second-order valence-corrected chi connectivity index (χ2v) is 12.1. The maximum Gasteiger partial charge on any atom is 0.416 e. The van der Waals surface area contributed by atoms with E-state index in [1.807, 2.05) is 18.2 Å². The topological polar surface area (TPSA) is 83.6 Å². The summed E-state index contributed by atoms with van der Waals surface area (Å²) in [6, 6.07) is 7.99. The average Bonchev–Trinajstić information content (AvgIpc) is 3.04. The van der Waals surface area contributed by atoms with Crippen molar-refractivity contribution >= 4 is 22.3 Å². The monoisotopic (exact) mass is 646 g/mol. The van der Waals surface area contributed by atoms with Crippen LogP contribution >= 0.6 is 0 Å². The molecule has 3 fully saturated rings. The van der Waals surface area contributed by atoms with Gasteiger partial charge in [0.2, 0.25) is 0 Å². The molecule has 0 radical (unpaired) electrons. The zero-order valence-corrected chi connectivity index (χ0v) is 25.1. The summed E-state index contributed by atoms with van der Waals surface area (Å²) < 4.78 is 86.0. The van der Waals surface area contributed by atoms with Crippen LogP contribution in [-0.2, 0) is 18.9 Å². The highest BCUT2D eigenvalue weighted by atomic mass is 19.4. The van der Waals surface area contributed by atoms with Crippen molar-refractivity contribution in [2.24, 2.45) is 11.8 Å². The molecule has 0 spiro atoms. The summed E-state index contributed by atoms with van der Waals surface area (Å²) in [7, 11) is 1.55. The Morgan fingerprint density at radius 1 is 0.978 bits per heavy atom. The van der Waals surface area contributed by atoms with Crippen molar-refractivity contribution in [3.63, 3.8) is 0 Å². The number of nitrogens with one attached hydrogen (secondary N) is 2. The number of methoxy groups -OCH3 is 1. The minimum absolute atomic E-state index is 0.0444. The molecule has 13 heteroatoms. The second-order valence-electron chi connectivity index (χ2n) is 12.1. The van der Waals surface area contributed by atoms with Gasteiger partial charge in [0.15, 0.2) is 0 Å². The maximum atomic E-state index is 13.4. The molecule has 3 saturated heterocycles. The van der Waals surface area contributed by atoms with Gasteiger partial charge in [0.05, 0.1) is 29.8 Å². The highest BCUT2D eigenvalue weighted by Gasteiger charge is 2.44. The molecule has 0 saturated carbocycles. The van der Waals surface area contributed by atoms with Crippen LogP contribution in [0.2, 0.25) is 0 Å². The minimum atomic E-state index is -5.01. The quantitative estimate of drug-likeness (QED) is 0.154. The molecule has 0 aliphatic carbocycles. The predicted molar refractivity (Wildman–Crippen MR) is 162 cm³/mol. The molecular formula is C33H32F6N4O3. The molecule has 2 unspecified atom stereocenters. The van der Waals surface area contributed by atoms with E-state index in [2.05, 4.69) is 27.4 Å². The van der Waals surface area contributed by atoms with E-state index in [-0.39, 0.29) is 29.0 Å². The molecule has 7 rings (SSSR count). The summed E-state index contributed by atoms with van der Waals surface area (Å²) in [5, 5.41) is 6.74. The van der Waals surface area contributed by atoms with Gasteiger partial charge >= 0.3 is 12.4 Å². The summed E-state index contributed by atoms with van der Waals surface area (Å²) in [5.41, 5.74) is -3.70. The number of piperidine rings is 3. The van der Waals surface area contributed by atoms with Gasteiger partial charge in [-0.2, -0.15) is 26.3 Å². The van der Waals surface area contributed by atoms with Gasteiger partial charge in [-0.3, -0.25) is 19.5 Å². The van der Waals surface area contributed by atoms with Gasteiger partial charge in [-0.1, -0.05) is 13.3 Å². The summed E-state index contributed by atoms with van der Waals surface area (Å²) in [6.45, 7) is 3.38. The lowest BCUT2D eigenvalue weighted by Crippen LogP contribution is -2.56. The van der Waals surface area contributed by atoms with E-state index in [4.69, 9.17) is 4.74 Å². The first-order chi connectivity index (χ1) is 21.8. The van der Waals surface area contributed by atoms with Crippen molar-refractivity contribution in [3.05, 3.63) is 91.4 Å². The smallest absolute Gasteiger partial charge is 0.416 e. The zero-order chi connectivity index (χ0) is 33.0. The first-order valence-electron chi connectivity index (χ1n) is 15.1. The number of aromatic nitrogens is 1. The number of benzene rings is 2. The Morgan fingerprint density at radius 3 is 2.28 bits per heavy atom. The number of nitrogens with zero attached hydrogens (tertiary/aromatic N) is 2. The van der Waals surface area contributed by atoms with Crippen molar-refractivity contribution in [1.82, 2.24) is 9.88 Å². The third-order valence-electron chi connectivity index (χ3n) is 9.49. The highest BCUT2D eigenvalue weighted by Crippen LogP contribution is 2.44. The maximum absolute atomic E-state index is 13.4. The predicted octanol–water partition coefficient (Wildman–Crippen LogP) is 6.76. The molecule has 3 aromatic carbocycles. The van der Waals surface area contributed by atoms with Gasteiger partial charge in [-0.05, 0) is 84.8 Å². The Labute approximate surface area is 260 Å². The number of ether oxygens (including phenoxy) is 1. The first-order valence-corrected chi connectivity index (χ1v) is 15.1. The van der Waals surface area contributed by atoms with Crippen LogP contribution in [0.25, 0.3) is 10.9 Å². The third kappa shape index (κ3) is 5.92. The molecular weight excluding hydrogens is 614 g/mol. The molecule has 2 bridgehead atoms. The Kier molecular flexibility index (Phi) is 8.24. The number of halogens is 6. The molecule has 3 aliphatic rings. The molecule has 1 aromatic heterocycles. The molecule has 46 heavy (non-hydrogen) atoms. The lowest BCUT2D eigenvalue weighted by molar-refractivity contribution is -0.143.